The van der Waals surface area contributed by atoms with Crippen molar-refractivity contribution in [3.05, 3.63) is 53.1 Å². The molecular formula is C21H22O6. The standard InChI is InChI=1S/C21H22O6/c1-21(2,25)18-10-14-16(24)11-17(26-3)19(20(14)27-18)15(23)9-6-12-4-7-13(22)8-5-12/h4-9,11,18,22,24-25H,10H2,1-3H3. The molecule has 142 valence electrons. The molecule has 3 rings (SSSR count). The van der Waals surface area contributed by atoms with Gasteiger partial charge >= 0.3 is 0 Å². The molecule has 1 heterocycles. The zero-order chi connectivity index (χ0) is 19.8. The summed E-state index contributed by atoms with van der Waals surface area (Å²) in [5.41, 5.74) is 0.281. The Balaban J connectivity index is 1.99. The van der Waals surface area contributed by atoms with Crippen molar-refractivity contribution < 1.29 is 29.6 Å². The number of aliphatic hydroxyl groups is 1. The lowest BCUT2D eigenvalue weighted by molar-refractivity contribution is -0.0232. The summed E-state index contributed by atoms with van der Waals surface area (Å²) in [4.78, 5) is 12.9. The first-order valence-electron chi connectivity index (χ1n) is 8.54. The maximum atomic E-state index is 12.9. The molecule has 0 spiro atoms. The number of benzene rings is 2. The molecule has 3 N–H and O–H groups in total. The quantitative estimate of drug-likeness (QED) is 0.553. The number of methoxy groups -OCH3 is 1. The number of fused-ring (bicyclic) bond motifs is 1. The van der Waals surface area contributed by atoms with E-state index in [0.717, 1.165) is 5.56 Å². The van der Waals surface area contributed by atoms with Crippen LogP contribution in [0.2, 0.25) is 0 Å². The van der Waals surface area contributed by atoms with Crippen molar-refractivity contribution in [1.29, 1.82) is 0 Å². The van der Waals surface area contributed by atoms with E-state index in [0.29, 0.717) is 5.56 Å². The Bertz CT molecular complexity index is 890. The summed E-state index contributed by atoms with van der Waals surface area (Å²) >= 11 is 0. The van der Waals surface area contributed by atoms with Crippen LogP contribution in [-0.2, 0) is 6.42 Å². The maximum absolute atomic E-state index is 12.9. The van der Waals surface area contributed by atoms with Gasteiger partial charge in [-0.25, -0.2) is 0 Å². The van der Waals surface area contributed by atoms with Gasteiger partial charge in [-0.2, -0.15) is 0 Å². The summed E-state index contributed by atoms with van der Waals surface area (Å²) < 4.78 is 11.1. The molecule has 1 unspecified atom stereocenters. The summed E-state index contributed by atoms with van der Waals surface area (Å²) in [6.45, 7) is 3.23. The van der Waals surface area contributed by atoms with Crippen molar-refractivity contribution >= 4 is 11.9 Å². The Morgan fingerprint density at radius 2 is 1.93 bits per heavy atom. The average Bonchev–Trinajstić information content (AvgIpc) is 3.07. The maximum Gasteiger partial charge on any atom is 0.193 e. The van der Waals surface area contributed by atoms with E-state index in [1.807, 2.05) is 0 Å². The summed E-state index contributed by atoms with van der Waals surface area (Å²) in [7, 11) is 1.41. The number of hydrogen-bond donors (Lipinski definition) is 3. The number of ketones is 1. The lowest BCUT2D eigenvalue weighted by Gasteiger charge is -2.24. The van der Waals surface area contributed by atoms with Crippen LogP contribution in [0.5, 0.6) is 23.0 Å². The predicted molar refractivity (Wildman–Crippen MR) is 101 cm³/mol. The summed E-state index contributed by atoms with van der Waals surface area (Å²) in [6, 6.07) is 7.80. The van der Waals surface area contributed by atoms with Gasteiger partial charge in [0.2, 0.25) is 0 Å². The van der Waals surface area contributed by atoms with Crippen LogP contribution < -0.4 is 9.47 Å². The third kappa shape index (κ3) is 3.75. The Morgan fingerprint density at radius 1 is 1.26 bits per heavy atom. The number of carbonyl (C=O) groups excluding carboxylic acids is 1. The molecule has 1 aliphatic heterocycles. The molecule has 0 aromatic heterocycles. The van der Waals surface area contributed by atoms with E-state index in [4.69, 9.17) is 9.47 Å². The zero-order valence-corrected chi connectivity index (χ0v) is 15.4. The van der Waals surface area contributed by atoms with E-state index >= 15 is 0 Å². The minimum Gasteiger partial charge on any atom is -0.508 e. The molecule has 0 amide bonds. The monoisotopic (exact) mass is 370 g/mol. The van der Waals surface area contributed by atoms with E-state index in [2.05, 4.69) is 0 Å². The minimum absolute atomic E-state index is 0.0346. The normalized spacial score (nSPS) is 16.2. The van der Waals surface area contributed by atoms with E-state index in [1.54, 1.807) is 32.1 Å². The number of phenolic OH excluding ortho intramolecular Hbond substituents is 2. The molecular weight excluding hydrogens is 348 g/mol. The van der Waals surface area contributed by atoms with Gasteiger partial charge < -0.3 is 24.8 Å². The van der Waals surface area contributed by atoms with Gasteiger partial charge in [0.05, 0.1) is 12.7 Å². The van der Waals surface area contributed by atoms with Crippen molar-refractivity contribution in [3.8, 4) is 23.0 Å². The highest BCUT2D eigenvalue weighted by molar-refractivity contribution is 6.11. The van der Waals surface area contributed by atoms with Crippen LogP contribution in [0.3, 0.4) is 0 Å². The van der Waals surface area contributed by atoms with Crippen LogP contribution in [-0.4, -0.2) is 39.9 Å². The largest absolute Gasteiger partial charge is 0.508 e. The minimum atomic E-state index is -1.14. The summed E-state index contributed by atoms with van der Waals surface area (Å²) in [5.74, 6) is 0.185. The number of allylic oxidation sites excluding steroid dienone is 1. The van der Waals surface area contributed by atoms with Gasteiger partial charge in [-0.3, -0.25) is 4.79 Å². The number of hydrogen-bond acceptors (Lipinski definition) is 6. The topological polar surface area (TPSA) is 96.2 Å². The van der Waals surface area contributed by atoms with Crippen LogP contribution in [0.15, 0.2) is 36.4 Å². The van der Waals surface area contributed by atoms with Crippen molar-refractivity contribution in [2.75, 3.05) is 7.11 Å². The van der Waals surface area contributed by atoms with E-state index in [1.165, 1.54) is 31.4 Å². The Hall–Kier alpha value is -2.99. The molecule has 27 heavy (non-hydrogen) atoms. The van der Waals surface area contributed by atoms with Gasteiger partial charge in [-0.15, -0.1) is 0 Å². The first kappa shape index (κ1) is 18.8. The molecule has 0 saturated heterocycles. The fraction of sp³-hybridized carbons (Fsp3) is 0.286. The third-order valence-corrected chi connectivity index (χ3v) is 4.55. The summed E-state index contributed by atoms with van der Waals surface area (Å²) in [5, 5.41) is 29.9. The lowest BCUT2D eigenvalue weighted by Crippen LogP contribution is -2.39. The second kappa shape index (κ2) is 6.96. The molecule has 0 saturated carbocycles. The number of phenols is 2. The Labute approximate surface area is 157 Å². The van der Waals surface area contributed by atoms with E-state index in [-0.39, 0.29) is 40.8 Å². The SMILES string of the molecule is COc1cc(O)c2c(c1C(=O)C=Cc1ccc(O)cc1)OC(C(C)(C)O)C2. The molecule has 1 atom stereocenters. The predicted octanol–water partition coefficient (Wildman–Crippen LogP) is 3.08. The van der Waals surface area contributed by atoms with Crippen molar-refractivity contribution in [2.45, 2.75) is 32.0 Å². The van der Waals surface area contributed by atoms with Gasteiger partial charge in [0.1, 0.15) is 34.7 Å². The highest BCUT2D eigenvalue weighted by Gasteiger charge is 2.39. The van der Waals surface area contributed by atoms with Gasteiger partial charge in [-0.05, 0) is 37.6 Å². The molecule has 0 fully saturated rings. The van der Waals surface area contributed by atoms with Crippen LogP contribution in [0.25, 0.3) is 6.08 Å². The zero-order valence-electron chi connectivity index (χ0n) is 15.4. The number of carbonyl (C=O) groups is 1. The van der Waals surface area contributed by atoms with Crippen LogP contribution in [0.4, 0.5) is 0 Å². The smallest absolute Gasteiger partial charge is 0.193 e. The molecule has 1 aliphatic rings. The molecule has 6 nitrogen and oxygen atoms in total. The number of aromatic hydroxyl groups is 2. The molecule has 2 aromatic carbocycles. The summed E-state index contributed by atoms with van der Waals surface area (Å²) in [6.07, 6.45) is 2.69. The Kier molecular flexibility index (Phi) is 4.85. The van der Waals surface area contributed by atoms with Gasteiger partial charge in [0.25, 0.3) is 0 Å². The first-order valence-corrected chi connectivity index (χ1v) is 8.54. The fourth-order valence-corrected chi connectivity index (χ4v) is 2.99. The van der Waals surface area contributed by atoms with E-state index < -0.39 is 11.7 Å². The first-order chi connectivity index (χ1) is 12.7. The fourth-order valence-electron chi connectivity index (χ4n) is 2.99. The van der Waals surface area contributed by atoms with Crippen molar-refractivity contribution in [2.24, 2.45) is 0 Å². The van der Waals surface area contributed by atoms with Crippen LogP contribution >= 0.6 is 0 Å². The molecule has 0 bridgehead atoms. The second-order valence-corrected chi connectivity index (χ2v) is 7.03. The lowest BCUT2D eigenvalue weighted by atomic mass is 9.95. The third-order valence-electron chi connectivity index (χ3n) is 4.55. The molecule has 0 radical (unpaired) electrons. The van der Waals surface area contributed by atoms with Gasteiger partial charge in [-0.1, -0.05) is 18.2 Å². The van der Waals surface area contributed by atoms with Gasteiger partial charge in [0, 0.05) is 18.1 Å². The highest BCUT2D eigenvalue weighted by Crippen LogP contribution is 2.45. The average molecular weight is 370 g/mol. The van der Waals surface area contributed by atoms with Crippen molar-refractivity contribution in [1.82, 2.24) is 0 Å². The number of ether oxygens (including phenoxy) is 2. The van der Waals surface area contributed by atoms with E-state index in [9.17, 15) is 20.1 Å². The van der Waals surface area contributed by atoms with Crippen LogP contribution in [0.1, 0.15) is 35.3 Å². The molecule has 6 heteroatoms. The van der Waals surface area contributed by atoms with Gasteiger partial charge in [0.15, 0.2) is 5.78 Å². The van der Waals surface area contributed by atoms with Crippen molar-refractivity contribution in [3.63, 3.8) is 0 Å². The second-order valence-electron chi connectivity index (χ2n) is 7.03. The van der Waals surface area contributed by atoms with Crippen LogP contribution in [0, 0.1) is 0 Å². The Morgan fingerprint density at radius 3 is 2.52 bits per heavy atom. The molecule has 0 aliphatic carbocycles. The highest BCUT2D eigenvalue weighted by atomic mass is 16.5. The number of rotatable bonds is 5. The molecule has 2 aromatic rings.